The molecule has 2 aromatic carbocycles. The number of carbonyl (C=O) groups excluding carboxylic acids is 4. The van der Waals surface area contributed by atoms with Gasteiger partial charge in [-0.2, -0.15) is 9.59 Å². The molecule has 0 fully saturated rings. The Labute approximate surface area is 271 Å². The number of nitrogens with one attached hydrogen (secondary N) is 2. The van der Waals surface area contributed by atoms with E-state index in [-0.39, 0.29) is 41.2 Å². The number of benzene rings is 2. The van der Waals surface area contributed by atoms with Gasteiger partial charge in [0, 0.05) is 36.3 Å². The second-order valence-corrected chi connectivity index (χ2v) is 8.71. The molecule has 2 N–H and O–H groups in total. The fourth-order valence-corrected chi connectivity index (χ4v) is 4.07. The summed E-state index contributed by atoms with van der Waals surface area (Å²) in [5.74, 6) is 1.45. The predicted molar refractivity (Wildman–Crippen MR) is 170 cm³/mol. The van der Waals surface area contributed by atoms with Crippen molar-refractivity contribution in [2.75, 3.05) is 61.2 Å². The molecule has 0 spiro atoms. The second kappa shape index (κ2) is 20.4. The first-order valence-electron chi connectivity index (χ1n) is 14.0. The standard InChI is InChI=1S/C16H23NO5.C15H17NO6.CO2/c1-6-11(16(18)22-7-2)10-17-12-8-13(19-3)15(21-5)14(9-12)20-4;1-5-22-15(18)8-7-16-9-6-10(19-2)13(20-3)14(21-4)11(9)12(8)17;2-1-3/h8-10,17H,6-7H2,1-5H3;6-7H,5H2,1-4H3,(H,16,17);/b11-10+;;. The zero-order valence-corrected chi connectivity index (χ0v) is 27.8. The van der Waals surface area contributed by atoms with Crippen molar-refractivity contribution in [2.24, 2.45) is 0 Å². The number of ether oxygens (including phenoxy) is 8. The number of esters is 2. The van der Waals surface area contributed by atoms with E-state index in [0.717, 1.165) is 0 Å². The molecule has 256 valence electrons. The number of rotatable bonds is 13. The van der Waals surface area contributed by atoms with Gasteiger partial charge in [-0.05, 0) is 20.3 Å². The minimum absolute atomic E-state index is 0.0973. The number of pyridine rings is 1. The summed E-state index contributed by atoms with van der Waals surface area (Å²) in [5.41, 5.74) is 1.14. The van der Waals surface area contributed by atoms with Crippen LogP contribution in [0.2, 0.25) is 0 Å². The maximum Gasteiger partial charge on any atom is 0.373 e. The number of fused-ring (bicyclic) bond motifs is 1. The van der Waals surface area contributed by atoms with Crippen LogP contribution in [-0.2, 0) is 23.9 Å². The smallest absolute Gasteiger partial charge is 0.373 e. The van der Waals surface area contributed by atoms with Gasteiger partial charge in [0.1, 0.15) is 5.56 Å². The van der Waals surface area contributed by atoms with Crippen molar-refractivity contribution in [3.05, 3.63) is 52.0 Å². The molecule has 3 rings (SSSR count). The molecule has 3 aromatic rings. The van der Waals surface area contributed by atoms with Crippen LogP contribution in [0.5, 0.6) is 34.5 Å². The summed E-state index contributed by atoms with van der Waals surface area (Å²) in [5, 5.41) is 3.26. The third-order valence-electron chi connectivity index (χ3n) is 6.17. The summed E-state index contributed by atoms with van der Waals surface area (Å²) in [4.78, 5) is 55.3. The van der Waals surface area contributed by atoms with E-state index in [4.69, 9.17) is 47.5 Å². The fraction of sp³-hybridized carbons (Fsp3) is 0.375. The van der Waals surface area contributed by atoms with Crippen molar-refractivity contribution in [3.63, 3.8) is 0 Å². The van der Waals surface area contributed by atoms with E-state index in [9.17, 15) is 14.4 Å². The van der Waals surface area contributed by atoms with Crippen LogP contribution in [0.25, 0.3) is 10.9 Å². The molecule has 0 saturated heterocycles. The van der Waals surface area contributed by atoms with Crippen LogP contribution >= 0.6 is 0 Å². The zero-order valence-electron chi connectivity index (χ0n) is 27.8. The van der Waals surface area contributed by atoms with E-state index in [1.165, 1.54) is 27.5 Å². The first-order chi connectivity index (χ1) is 22.6. The molecule has 0 saturated carbocycles. The number of anilines is 1. The third-order valence-corrected chi connectivity index (χ3v) is 6.17. The summed E-state index contributed by atoms with van der Waals surface area (Å²) in [6.07, 6.45) is 3.75. The van der Waals surface area contributed by atoms with Crippen LogP contribution in [0.4, 0.5) is 5.69 Å². The van der Waals surface area contributed by atoms with Gasteiger partial charge in [-0.3, -0.25) is 4.79 Å². The molecular formula is C32H40N2O13. The Bertz CT molecular complexity index is 1600. The van der Waals surface area contributed by atoms with E-state index in [0.29, 0.717) is 52.8 Å². The van der Waals surface area contributed by atoms with Gasteiger partial charge in [-0.1, -0.05) is 6.92 Å². The monoisotopic (exact) mass is 660 g/mol. The summed E-state index contributed by atoms with van der Waals surface area (Å²) in [6, 6.07) is 5.12. The van der Waals surface area contributed by atoms with Crippen LogP contribution in [0.3, 0.4) is 0 Å². The van der Waals surface area contributed by atoms with Gasteiger partial charge >= 0.3 is 18.1 Å². The lowest BCUT2D eigenvalue weighted by atomic mass is 10.1. The van der Waals surface area contributed by atoms with Crippen molar-refractivity contribution in [2.45, 2.75) is 27.2 Å². The highest BCUT2D eigenvalue weighted by Crippen LogP contribution is 2.42. The first-order valence-corrected chi connectivity index (χ1v) is 14.0. The summed E-state index contributed by atoms with van der Waals surface area (Å²) >= 11 is 0. The molecule has 1 aromatic heterocycles. The Kier molecular flexibility index (Phi) is 17.0. The Hall–Kier alpha value is -5.69. The fourth-order valence-electron chi connectivity index (χ4n) is 4.07. The molecule has 0 aliphatic rings. The molecule has 47 heavy (non-hydrogen) atoms. The van der Waals surface area contributed by atoms with Crippen molar-refractivity contribution in [1.29, 1.82) is 0 Å². The molecule has 0 bridgehead atoms. The van der Waals surface area contributed by atoms with Crippen molar-refractivity contribution in [1.82, 2.24) is 4.98 Å². The lowest BCUT2D eigenvalue weighted by molar-refractivity contribution is -0.191. The predicted octanol–water partition coefficient (Wildman–Crippen LogP) is 4.13. The molecule has 1 heterocycles. The Morgan fingerprint density at radius 1 is 0.766 bits per heavy atom. The maximum absolute atomic E-state index is 12.6. The number of hydrogen-bond donors (Lipinski definition) is 2. The van der Waals surface area contributed by atoms with E-state index < -0.39 is 11.4 Å². The highest BCUT2D eigenvalue weighted by atomic mass is 16.5. The number of hydrogen-bond acceptors (Lipinski definition) is 14. The molecular weight excluding hydrogens is 620 g/mol. The largest absolute Gasteiger partial charge is 0.493 e. The van der Waals surface area contributed by atoms with Gasteiger partial charge in [0.25, 0.3) is 0 Å². The molecule has 0 amide bonds. The second-order valence-electron chi connectivity index (χ2n) is 8.71. The van der Waals surface area contributed by atoms with E-state index >= 15 is 0 Å². The van der Waals surface area contributed by atoms with Crippen LogP contribution < -0.4 is 39.2 Å². The highest BCUT2D eigenvalue weighted by Gasteiger charge is 2.22. The minimum atomic E-state index is -0.692. The Balaban J connectivity index is 0.000000434. The van der Waals surface area contributed by atoms with E-state index in [1.54, 1.807) is 59.6 Å². The lowest BCUT2D eigenvalue weighted by Crippen LogP contribution is -2.19. The molecule has 0 atom stereocenters. The molecule has 0 aliphatic carbocycles. The van der Waals surface area contributed by atoms with Gasteiger partial charge in [0.2, 0.25) is 16.9 Å². The molecule has 0 radical (unpaired) electrons. The van der Waals surface area contributed by atoms with Gasteiger partial charge < -0.3 is 48.2 Å². The van der Waals surface area contributed by atoms with Crippen molar-refractivity contribution in [3.8, 4) is 34.5 Å². The summed E-state index contributed by atoms with van der Waals surface area (Å²) in [6.45, 7) is 5.86. The van der Waals surface area contributed by atoms with Gasteiger partial charge in [-0.15, -0.1) is 0 Å². The number of aromatic nitrogens is 1. The van der Waals surface area contributed by atoms with Crippen molar-refractivity contribution >= 4 is 34.7 Å². The van der Waals surface area contributed by atoms with Crippen LogP contribution in [-0.4, -0.2) is 78.9 Å². The average molecular weight is 661 g/mol. The van der Waals surface area contributed by atoms with E-state index in [1.807, 2.05) is 6.92 Å². The maximum atomic E-state index is 12.6. The van der Waals surface area contributed by atoms with Gasteiger partial charge in [0.05, 0.1) is 72.3 Å². The van der Waals surface area contributed by atoms with Crippen LogP contribution in [0.15, 0.2) is 41.0 Å². The SMILES string of the molecule is CCOC(=O)/C(=C/Nc1cc(OC)c(OC)c(OC)c1)CC.CCOC(=O)c1c[nH]c2cc(OC)c(OC)c(OC)c2c1=O.O=C=O. The molecule has 15 heteroatoms. The van der Waals surface area contributed by atoms with Crippen molar-refractivity contribution < 1.29 is 57.1 Å². The molecule has 0 unspecified atom stereocenters. The number of carbonyl (C=O) groups is 2. The summed E-state index contributed by atoms with van der Waals surface area (Å²) < 4.78 is 41.5. The summed E-state index contributed by atoms with van der Waals surface area (Å²) in [7, 11) is 8.97. The van der Waals surface area contributed by atoms with Gasteiger partial charge in [0.15, 0.2) is 23.0 Å². The van der Waals surface area contributed by atoms with Crippen LogP contribution in [0, 0.1) is 0 Å². The lowest BCUT2D eigenvalue weighted by Gasteiger charge is -2.14. The highest BCUT2D eigenvalue weighted by molar-refractivity contribution is 5.97. The quantitative estimate of drug-likeness (QED) is 0.197. The topological polar surface area (TPSA) is 187 Å². The van der Waals surface area contributed by atoms with Gasteiger partial charge in [-0.25, -0.2) is 9.59 Å². The Morgan fingerprint density at radius 3 is 1.72 bits per heavy atom. The van der Waals surface area contributed by atoms with E-state index in [2.05, 4.69) is 10.3 Å². The normalized spacial score (nSPS) is 10.1. The number of aromatic amines is 1. The van der Waals surface area contributed by atoms with Crippen LogP contribution in [0.1, 0.15) is 37.6 Å². The number of methoxy groups -OCH3 is 6. The molecule has 15 nitrogen and oxygen atoms in total. The molecule has 0 aliphatic heterocycles. The zero-order chi connectivity index (χ0) is 35.5. The third kappa shape index (κ3) is 10.2. The number of H-pyrrole nitrogens is 1. The Morgan fingerprint density at radius 2 is 1.28 bits per heavy atom. The first kappa shape index (κ1) is 39.3. The average Bonchev–Trinajstić information content (AvgIpc) is 3.07. The minimum Gasteiger partial charge on any atom is -0.493 e.